The van der Waals surface area contributed by atoms with E-state index in [4.69, 9.17) is 5.73 Å². The number of nitrogens with two attached hydrogens (primary N) is 1. The quantitative estimate of drug-likeness (QED) is 0.892. The van der Waals surface area contributed by atoms with Crippen LogP contribution in [0, 0.1) is 6.92 Å². The Labute approximate surface area is 148 Å². The highest BCUT2D eigenvalue weighted by molar-refractivity contribution is 6.05. The summed E-state index contributed by atoms with van der Waals surface area (Å²) >= 11 is 0. The van der Waals surface area contributed by atoms with E-state index in [0.717, 1.165) is 29.7 Å². The van der Waals surface area contributed by atoms with E-state index >= 15 is 0 Å². The summed E-state index contributed by atoms with van der Waals surface area (Å²) in [7, 11) is 0. The molecule has 1 atom stereocenters. The van der Waals surface area contributed by atoms with E-state index in [-0.39, 0.29) is 42.8 Å². The summed E-state index contributed by atoms with van der Waals surface area (Å²) in [5.41, 5.74) is 8.19. The molecule has 2 N–H and O–H groups in total. The summed E-state index contributed by atoms with van der Waals surface area (Å²) in [6.07, 6.45) is 2.61. The molecule has 0 radical (unpaired) electrons. The fourth-order valence-corrected chi connectivity index (χ4v) is 2.84. The molecular formula is C15H23Cl2N5O. The molecule has 128 valence electrons. The third-order valence-corrected chi connectivity index (χ3v) is 3.93. The summed E-state index contributed by atoms with van der Waals surface area (Å²) in [4.78, 5) is 19.1. The van der Waals surface area contributed by atoms with E-state index in [1.165, 1.54) is 0 Å². The van der Waals surface area contributed by atoms with Crippen LogP contribution in [0.2, 0.25) is 0 Å². The van der Waals surface area contributed by atoms with Gasteiger partial charge in [0.15, 0.2) is 5.65 Å². The molecule has 1 fully saturated rings. The first kappa shape index (κ1) is 19.7. The molecule has 0 spiro atoms. The number of carbonyl (C=O) groups is 1. The second-order valence-electron chi connectivity index (χ2n) is 6.03. The lowest BCUT2D eigenvalue weighted by Crippen LogP contribution is -2.32. The van der Waals surface area contributed by atoms with Crippen molar-refractivity contribution < 1.29 is 4.79 Å². The highest BCUT2D eigenvalue weighted by Crippen LogP contribution is 2.23. The average molecular weight is 360 g/mol. The second kappa shape index (κ2) is 7.47. The van der Waals surface area contributed by atoms with E-state index < -0.39 is 0 Å². The minimum absolute atomic E-state index is 0. The molecule has 2 aromatic heterocycles. The van der Waals surface area contributed by atoms with Crippen LogP contribution in [-0.4, -0.2) is 44.7 Å². The zero-order valence-electron chi connectivity index (χ0n) is 13.5. The maximum atomic E-state index is 12.7. The lowest BCUT2D eigenvalue weighted by atomic mass is 10.1. The third kappa shape index (κ3) is 3.59. The summed E-state index contributed by atoms with van der Waals surface area (Å²) < 4.78 is 1.86. The molecule has 0 bridgehead atoms. The lowest BCUT2D eigenvalue weighted by molar-refractivity contribution is 0.0792. The first-order valence-corrected chi connectivity index (χ1v) is 7.37. The van der Waals surface area contributed by atoms with Gasteiger partial charge in [0.1, 0.15) is 0 Å². The largest absolute Gasteiger partial charge is 0.337 e. The molecule has 6 nitrogen and oxygen atoms in total. The zero-order chi connectivity index (χ0) is 15.1. The molecule has 1 aliphatic rings. The van der Waals surface area contributed by atoms with Crippen molar-refractivity contribution in [3.63, 3.8) is 0 Å². The van der Waals surface area contributed by atoms with Crippen molar-refractivity contribution in [2.45, 2.75) is 39.3 Å². The summed E-state index contributed by atoms with van der Waals surface area (Å²) in [5.74, 6) is 0.0294. The Balaban J connectivity index is 0.00000132. The predicted octanol–water partition coefficient (Wildman–Crippen LogP) is 2.34. The monoisotopic (exact) mass is 359 g/mol. The van der Waals surface area contributed by atoms with Crippen molar-refractivity contribution in [2.75, 3.05) is 13.1 Å². The molecule has 2 aromatic rings. The normalized spacial score (nSPS) is 17.3. The smallest absolute Gasteiger partial charge is 0.254 e. The number of aromatic nitrogens is 3. The number of nitrogens with zero attached hydrogens (tertiary/aromatic N) is 4. The van der Waals surface area contributed by atoms with Gasteiger partial charge < -0.3 is 10.6 Å². The fourth-order valence-electron chi connectivity index (χ4n) is 2.84. The molecule has 1 amide bonds. The Morgan fingerprint density at radius 2 is 2.09 bits per heavy atom. The Morgan fingerprint density at radius 3 is 2.65 bits per heavy atom. The number of rotatable bonds is 2. The van der Waals surface area contributed by atoms with E-state index in [2.05, 4.69) is 23.9 Å². The highest BCUT2D eigenvalue weighted by atomic mass is 35.5. The molecular weight excluding hydrogens is 337 g/mol. The van der Waals surface area contributed by atoms with Gasteiger partial charge in [0.05, 0.1) is 17.1 Å². The van der Waals surface area contributed by atoms with Gasteiger partial charge >= 0.3 is 0 Å². The van der Waals surface area contributed by atoms with Crippen molar-refractivity contribution in [1.82, 2.24) is 19.7 Å². The number of halogens is 2. The van der Waals surface area contributed by atoms with Crippen LogP contribution in [0.1, 0.15) is 42.4 Å². The van der Waals surface area contributed by atoms with Crippen LogP contribution >= 0.6 is 24.8 Å². The van der Waals surface area contributed by atoms with Crippen LogP contribution in [0.5, 0.6) is 0 Å². The Morgan fingerprint density at radius 1 is 1.39 bits per heavy atom. The van der Waals surface area contributed by atoms with E-state index in [0.29, 0.717) is 12.1 Å². The first-order valence-electron chi connectivity index (χ1n) is 7.37. The van der Waals surface area contributed by atoms with Gasteiger partial charge in [0.25, 0.3) is 5.91 Å². The SMILES string of the molecule is Cc1cc(C(=O)N2CC[C@@H](N)C2)c2cnn(C(C)C)c2n1.Cl.Cl. The zero-order valence-corrected chi connectivity index (χ0v) is 15.2. The fraction of sp³-hybridized carbons (Fsp3) is 0.533. The predicted molar refractivity (Wildman–Crippen MR) is 95.6 cm³/mol. The summed E-state index contributed by atoms with van der Waals surface area (Å²) in [6.45, 7) is 7.36. The van der Waals surface area contributed by atoms with Crippen molar-refractivity contribution in [2.24, 2.45) is 5.73 Å². The molecule has 23 heavy (non-hydrogen) atoms. The molecule has 0 aromatic carbocycles. The summed E-state index contributed by atoms with van der Waals surface area (Å²) in [5, 5.41) is 5.20. The number of likely N-dealkylation sites (tertiary alicyclic amines) is 1. The Hall–Kier alpha value is -1.37. The van der Waals surface area contributed by atoms with Crippen LogP contribution in [-0.2, 0) is 0 Å². The van der Waals surface area contributed by atoms with E-state index in [1.54, 1.807) is 6.20 Å². The van der Waals surface area contributed by atoms with Crippen molar-refractivity contribution in [3.8, 4) is 0 Å². The van der Waals surface area contributed by atoms with Gasteiger partial charge in [-0.25, -0.2) is 9.67 Å². The second-order valence-corrected chi connectivity index (χ2v) is 6.03. The van der Waals surface area contributed by atoms with Crippen molar-refractivity contribution in [1.29, 1.82) is 0 Å². The molecule has 3 heterocycles. The molecule has 1 saturated heterocycles. The topological polar surface area (TPSA) is 77.0 Å². The molecule has 0 aliphatic carbocycles. The van der Waals surface area contributed by atoms with Crippen molar-refractivity contribution in [3.05, 3.63) is 23.5 Å². The van der Waals surface area contributed by atoms with Crippen LogP contribution < -0.4 is 5.73 Å². The number of fused-ring (bicyclic) bond motifs is 1. The number of aryl methyl sites for hydroxylation is 1. The first-order chi connectivity index (χ1) is 9.97. The standard InChI is InChI=1S/C15H21N5O.2ClH/c1-9(2)20-14-13(7-17-20)12(6-10(3)18-14)15(21)19-5-4-11(16)8-19;;/h6-7,9,11H,4-5,8,16H2,1-3H3;2*1H/t11-;;/m1../s1. The van der Waals surface area contributed by atoms with Gasteiger partial charge in [-0.15, -0.1) is 24.8 Å². The molecule has 3 rings (SSSR count). The molecule has 1 aliphatic heterocycles. The van der Waals surface area contributed by atoms with E-state index in [1.807, 2.05) is 22.6 Å². The van der Waals surface area contributed by atoms with Crippen LogP contribution in [0.3, 0.4) is 0 Å². The Bertz CT molecular complexity index is 700. The number of hydrogen-bond donors (Lipinski definition) is 1. The molecule has 0 saturated carbocycles. The lowest BCUT2D eigenvalue weighted by Gasteiger charge is -2.16. The number of hydrogen-bond acceptors (Lipinski definition) is 4. The third-order valence-electron chi connectivity index (χ3n) is 3.93. The van der Waals surface area contributed by atoms with Crippen molar-refractivity contribution >= 4 is 41.8 Å². The van der Waals surface area contributed by atoms with Crippen LogP contribution in [0.15, 0.2) is 12.3 Å². The number of pyridine rings is 1. The maximum absolute atomic E-state index is 12.7. The summed E-state index contributed by atoms with van der Waals surface area (Å²) in [6, 6.07) is 2.15. The number of carbonyl (C=O) groups excluding carboxylic acids is 1. The molecule has 8 heteroatoms. The minimum Gasteiger partial charge on any atom is -0.337 e. The number of amides is 1. The Kier molecular flexibility index (Phi) is 6.39. The van der Waals surface area contributed by atoms with Crippen LogP contribution in [0.25, 0.3) is 11.0 Å². The molecule has 0 unspecified atom stereocenters. The van der Waals surface area contributed by atoms with Gasteiger partial charge in [-0.3, -0.25) is 4.79 Å². The van der Waals surface area contributed by atoms with Gasteiger partial charge in [-0.1, -0.05) is 0 Å². The van der Waals surface area contributed by atoms with Gasteiger partial charge in [-0.2, -0.15) is 5.10 Å². The average Bonchev–Trinajstić information content (AvgIpc) is 3.03. The van der Waals surface area contributed by atoms with Gasteiger partial charge in [-0.05, 0) is 33.3 Å². The highest BCUT2D eigenvalue weighted by Gasteiger charge is 2.27. The van der Waals surface area contributed by atoms with Gasteiger partial charge in [0, 0.05) is 30.9 Å². The van der Waals surface area contributed by atoms with E-state index in [9.17, 15) is 4.79 Å². The van der Waals surface area contributed by atoms with Crippen LogP contribution in [0.4, 0.5) is 0 Å². The van der Waals surface area contributed by atoms with Gasteiger partial charge in [0.2, 0.25) is 0 Å². The minimum atomic E-state index is 0. The maximum Gasteiger partial charge on any atom is 0.254 e.